The van der Waals surface area contributed by atoms with E-state index in [0.29, 0.717) is 23.4 Å². The molecule has 0 radical (unpaired) electrons. The number of carbonyl (C=O) groups excluding carboxylic acids is 2. The summed E-state index contributed by atoms with van der Waals surface area (Å²) in [5.41, 5.74) is 2.03. The molecule has 1 aliphatic heterocycles. The summed E-state index contributed by atoms with van der Waals surface area (Å²) in [5.74, 6) is 1.15. The molecule has 0 spiro atoms. The van der Waals surface area contributed by atoms with Crippen LogP contribution in [0.25, 0.3) is 0 Å². The molecule has 1 aliphatic carbocycles. The average Bonchev–Trinajstić information content (AvgIpc) is 3.37. The first-order valence-electron chi connectivity index (χ1n) is 9.27. The van der Waals surface area contributed by atoms with Crippen LogP contribution in [0.3, 0.4) is 0 Å². The third-order valence-electron chi connectivity index (χ3n) is 4.99. The zero-order chi connectivity index (χ0) is 18.6. The summed E-state index contributed by atoms with van der Waals surface area (Å²) < 4.78 is 10.6. The van der Waals surface area contributed by atoms with Crippen LogP contribution in [0.1, 0.15) is 52.0 Å². The summed E-state index contributed by atoms with van der Waals surface area (Å²) in [5, 5.41) is 5.93. The standard InChI is InChI=1S/C21H22N2O4/c24-20(22-12-14-5-10-18-19(11-14)27-13-26-18)15-6-8-16(9-7-15)21(25)23-17-3-1-2-4-17/h5-11,17H,1-4,12-13H2,(H,22,24)(H,23,25). The van der Waals surface area contributed by atoms with Gasteiger partial charge in [0.1, 0.15) is 0 Å². The number of benzene rings is 2. The molecule has 27 heavy (non-hydrogen) atoms. The Morgan fingerprint density at radius 1 is 0.889 bits per heavy atom. The van der Waals surface area contributed by atoms with Crippen molar-refractivity contribution < 1.29 is 19.1 Å². The van der Waals surface area contributed by atoms with E-state index in [9.17, 15) is 9.59 Å². The van der Waals surface area contributed by atoms with Crippen LogP contribution in [0, 0.1) is 0 Å². The van der Waals surface area contributed by atoms with Crippen molar-refractivity contribution in [2.75, 3.05) is 6.79 Å². The fourth-order valence-corrected chi connectivity index (χ4v) is 3.45. The van der Waals surface area contributed by atoms with Gasteiger partial charge in [0.15, 0.2) is 11.5 Å². The lowest BCUT2D eigenvalue weighted by Gasteiger charge is -2.12. The van der Waals surface area contributed by atoms with Gasteiger partial charge in [-0.15, -0.1) is 0 Å². The minimum atomic E-state index is -0.185. The van der Waals surface area contributed by atoms with Crippen LogP contribution in [0.4, 0.5) is 0 Å². The molecular formula is C21H22N2O4. The summed E-state index contributed by atoms with van der Waals surface area (Å²) in [6, 6.07) is 12.6. The van der Waals surface area contributed by atoms with Gasteiger partial charge < -0.3 is 20.1 Å². The molecule has 2 aliphatic rings. The molecule has 6 nitrogen and oxygen atoms in total. The van der Waals surface area contributed by atoms with E-state index < -0.39 is 0 Å². The molecule has 1 heterocycles. The van der Waals surface area contributed by atoms with Crippen molar-refractivity contribution in [3.63, 3.8) is 0 Å². The molecule has 1 saturated carbocycles. The zero-order valence-corrected chi connectivity index (χ0v) is 15.0. The Morgan fingerprint density at radius 3 is 2.30 bits per heavy atom. The molecule has 2 aromatic carbocycles. The first kappa shape index (κ1) is 17.4. The van der Waals surface area contributed by atoms with Crippen molar-refractivity contribution >= 4 is 11.8 Å². The van der Waals surface area contributed by atoms with Crippen molar-refractivity contribution in [1.29, 1.82) is 0 Å². The van der Waals surface area contributed by atoms with E-state index in [2.05, 4.69) is 10.6 Å². The van der Waals surface area contributed by atoms with Gasteiger partial charge in [-0.1, -0.05) is 18.9 Å². The molecule has 0 aromatic heterocycles. The van der Waals surface area contributed by atoms with Gasteiger partial charge in [-0.05, 0) is 54.8 Å². The largest absolute Gasteiger partial charge is 0.454 e. The van der Waals surface area contributed by atoms with E-state index >= 15 is 0 Å². The fourth-order valence-electron chi connectivity index (χ4n) is 3.45. The second-order valence-electron chi connectivity index (χ2n) is 6.90. The van der Waals surface area contributed by atoms with E-state index in [1.165, 1.54) is 12.8 Å². The number of carbonyl (C=O) groups is 2. The predicted molar refractivity (Wildman–Crippen MR) is 99.9 cm³/mol. The number of amides is 2. The highest BCUT2D eigenvalue weighted by molar-refractivity contribution is 5.97. The molecule has 4 rings (SSSR count). The highest BCUT2D eigenvalue weighted by atomic mass is 16.7. The van der Waals surface area contributed by atoms with E-state index in [0.717, 1.165) is 24.2 Å². The molecule has 0 saturated heterocycles. The predicted octanol–water partition coefficient (Wildman–Crippen LogP) is 3.02. The van der Waals surface area contributed by atoms with Gasteiger partial charge >= 0.3 is 0 Å². The molecular weight excluding hydrogens is 344 g/mol. The maximum Gasteiger partial charge on any atom is 0.251 e. The van der Waals surface area contributed by atoms with Crippen molar-refractivity contribution in [3.05, 3.63) is 59.2 Å². The first-order valence-corrected chi connectivity index (χ1v) is 9.27. The van der Waals surface area contributed by atoms with Crippen LogP contribution in [-0.2, 0) is 6.54 Å². The Kier molecular flexibility index (Phi) is 4.96. The molecule has 2 aromatic rings. The number of hydrogen-bond donors (Lipinski definition) is 2. The molecule has 2 N–H and O–H groups in total. The Labute approximate surface area is 157 Å². The lowest BCUT2D eigenvalue weighted by Crippen LogP contribution is -2.32. The van der Waals surface area contributed by atoms with E-state index in [4.69, 9.17) is 9.47 Å². The highest BCUT2D eigenvalue weighted by Gasteiger charge is 2.18. The fraction of sp³-hybridized carbons (Fsp3) is 0.333. The van der Waals surface area contributed by atoms with Crippen LogP contribution in [0.15, 0.2) is 42.5 Å². The van der Waals surface area contributed by atoms with Gasteiger partial charge in [0.25, 0.3) is 11.8 Å². The maximum absolute atomic E-state index is 12.3. The number of nitrogens with one attached hydrogen (secondary N) is 2. The van der Waals surface area contributed by atoms with Crippen LogP contribution < -0.4 is 20.1 Å². The second-order valence-corrected chi connectivity index (χ2v) is 6.90. The van der Waals surface area contributed by atoms with Gasteiger partial charge in [0.05, 0.1) is 0 Å². The van der Waals surface area contributed by atoms with E-state index in [1.54, 1.807) is 24.3 Å². The van der Waals surface area contributed by atoms with Gasteiger partial charge in [-0.25, -0.2) is 0 Å². The van der Waals surface area contributed by atoms with Gasteiger partial charge in [0.2, 0.25) is 6.79 Å². The lowest BCUT2D eigenvalue weighted by atomic mass is 10.1. The molecule has 0 bridgehead atoms. The minimum absolute atomic E-state index is 0.0748. The Bertz CT molecular complexity index is 842. The molecule has 0 atom stereocenters. The Balaban J connectivity index is 1.32. The quantitative estimate of drug-likeness (QED) is 0.853. The first-order chi connectivity index (χ1) is 13.2. The third kappa shape index (κ3) is 4.05. The summed E-state index contributed by atoms with van der Waals surface area (Å²) >= 11 is 0. The van der Waals surface area contributed by atoms with Crippen LogP contribution in [0.2, 0.25) is 0 Å². The smallest absolute Gasteiger partial charge is 0.251 e. The van der Waals surface area contributed by atoms with Crippen LogP contribution in [0.5, 0.6) is 11.5 Å². The number of hydrogen-bond acceptors (Lipinski definition) is 4. The van der Waals surface area contributed by atoms with Crippen molar-refractivity contribution in [3.8, 4) is 11.5 Å². The zero-order valence-electron chi connectivity index (χ0n) is 15.0. The number of fused-ring (bicyclic) bond motifs is 1. The normalized spacial score (nSPS) is 15.6. The number of rotatable bonds is 5. The minimum Gasteiger partial charge on any atom is -0.454 e. The Morgan fingerprint density at radius 2 is 1.56 bits per heavy atom. The van der Waals surface area contributed by atoms with Crippen LogP contribution in [-0.4, -0.2) is 24.6 Å². The van der Waals surface area contributed by atoms with E-state index in [-0.39, 0.29) is 24.6 Å². The molecule has 0 unspecified atom stereocenters. The van der Waals surface area contributed by atoms with Crippen molar-refractivity contribution in [1.82, 2.24) is 10.6 Å². The highest BCUT2D eigenvalue weighted by Crippen LogP contribution is 2.32. The van der Waals surface area contributed by atoms with Crippen LogP contribution >= 0.6 is 0 Å². The second kappa shape index (κ2) is 7.70. The monoisotopic (exact) mass is 366 g/mol. The van der Waals surface area contributed by atoms with Crippen molar-refractivity contribution in [2.45, 2.75) is 38.3 Å². The molecule has 1 fully saturated rings. The van der Waals surface area contributed by atoms with E-state index in [1.807, 2.05) is 18.2 Å². The van der Waals surface area contributed by atoms with Gasteiger partial charge in [0, 0.05) is 23.7 Å². The lowest BCUT2D eigenvalue weighted by molar-refractivity contribution is 0.0930. The van der Waals surface area contributed by atoms with Gasteiger partial charge in [-0.2, -0.15) is 0 Å². The number of ether oxygens (including phenoxy) is 2. The topological polar surface area (TPSA) is 76.7 Å². The molecule has 2 amide bonds. The third-order valence-corrected chi connectivity index (χ3v) is 4.99. The SMILES string of the molecule is O=C(NCc1ccc2c(c1)OCO2)c1ccc(C(=O)NC2CCCC2)cc1. The summed E-state index contributed by atoms with van der Waals surface area (Å²) in [7, 11) is 0. The summed E-state index contributed by atoms with van der Waals surface area (Å²) in [4.78, 5) is 24.6. The van der Waals surface area contributed by atoms with Gasteiger partial charge in [-0.3, -0.25) is 9.59 Å². The summed E-state index contributed by atoms with van der Waals surface area (Å²) in [6.45, 7) is 0.616. The average molecular weight is 366 g/mol. The Hall–Kier alpha value is -3.02. The summed E-state index contributed by atoms with van der Waals surface area (Å²) in [6.07, 6.45) is 4.44. The molecule has 6 heteroatoms. The van der Waals surface area contributed by atoms with Crippen molar-refractivity contribution in [2.24, 2.45) is 0 Å². The maximum atomic E-state index is 12.3. The molecule has 140 valence electrons.